The fourth-order valence-electron chi connectivity index (χ4n) is 1.78. The normalized spacial score (nSPS) is 10.0. The van der Waals surface area contributed by atoms with Gasteiger partial charge in [-0.15, -0.1) is 0 Å². The molecule has 2 aromatic rings. The largest absolute Gasteiger partial charge is 0.462 e. The number of halogens is 2. The average molecular weight is 336 g/mol. The summed E-state index contributed by atoms with van der Waals surface area (Å²) in [6.45, 7) is 2.02. The second-order valence-corrected chi connectivity index (χ2v) is 4.91. The standard InChI is InChI=1S/C16H14F2N2O2S/c1-2-22-15(21)10-3-6-12(7-4-10)19-16(23)20-14-9-11(17)5-8-13(14)18/h3-9H,2H2,1H3,(H2,19,20,23). The molecule has 2 N–H and O–H groups in total. The maximum atomic E-state index is 13.5. The number of carbonyl (C=O) groups excluding carboxylic acids is 1. The molecule has 0 bridgehead atoms. The molecule has 0 fully saturated rings. The summed E-state index contributed by atoms with van der Waals surface area (Å²) in [4.78, 5) is 11.5. The molecule has 0 saturated heterocycles. The van der Waals surface area contributed by atoms with Crippen LogP contribution in [-0.4, -0.2) is 17.7 Å². The molecule has 0 radical (unpaired) electrons. The maximum absolute atomic E-state index is 13.5. The number of hydrogen-bond donors (Lipinski definition) is 2. The predicted molar refractivity (Wildman–Crippen MR) is 88.6 cm³/mol. The zero-order chi connectivity index (χ0) is 16.8. The van der Waals surface area contributed by atoms with Gasteiger partial charge in [-0.1, -0.05) is 0 Å². The Kier molecular flexibility index (Phi) is 5.59. The number of ether oxygens (including phenoxy) is 1. The van der Waals surface area contributed by atoms with E-state index in [0.717, 1.165) is 18.2 Å². The minimum absolute atomic E-state index is 0.0642. The molecule has 0 amide bonds. The van der Waals surface area contributed by atoms with Crippen LogP contribution in [0.3, 0.4) is 0 Å². The molecule has 0 spiro atoms. The SMILES string of the molecule is CCOC(=O)c1ccc(NC(=S)Nc2cc(F)ccc2F)cc1. The third-order valence-electron chi connectivity index (χ3n) is 2.83. The Labute approximate surface area is 137 Å². The highest BCUT2D eigenvalue weighted by molar-refractivity contribution is 7.80. The highest BCUT2D eigenvalue weighted by Gasteiger charge is 2.08. The quantitative estimate of drug-likeness (QED) is 0.654. The third-order valence-corrected chi connectivity index (χ3v) is 3.03. The zero-order valence-corrected chi connectivity index (χ0v) is 13.0. The molecule has 0 atom stereocenters. The molecular weight excluding hydrogens is 322 g/mol. The Morgan fingerprint density at radius 2 is 1.83 bits per heavy atom. The van der Waals surface area contributed by atoms with Gasteiger partial charge >= 0.3 is 5.97 Å². The lowest BCUT2D eigenvalue weighted by molar-refractivity contribution is 0.0526. The Hall–Kier alpha value is -2.54. The van der Waals surface area contributed by atoms with Crippen molar-refractivity contribution in [3.05, 3.63) is 59.7 Å². The number of carbonyl (C=O) groups is 1. The van der Waals surface area contributed by atoms with Gasteiger partial charge in [-0.2, -0.15) is 0 Å². The van der Waals surface area contributed by atoms with Crippen molar-refractivity contribution in [1.29, 1.82) is 0 Å². The van der Waals surface area contributed by atoms with Crippen molar-refractivity contribution < 1.29 is 18.3 Å². The Morgan fingerprint density at radius 3 is 2.48 bits per heavy atom. The Morgan fingerprint density at radius 1 is 1.13 bits per heavy atom. The lowest BCUT2D eigenvalue weighted by Crippen LogP contribution is -2.20. The number of benzene rings is 2. The second kappa shape index (κ2) is 7.64. The van der Waals surface area contributed by atoms with Crippen LogP contribution in [0.5, 0.6) is 0 Å². The van der Waals surface area contributed by atoms with Gasteiger partial charge in [-0.25, -0.2) is 13.6 Å². The fourth-order valence-corrected chi connectivity index (χ4v) is 2.01. The van der Waals surface area contributed by atoms with Crippen molar-refractivity contribution in [3.8, 4) is 0 Å². The number of anilines is 2. The predicted octanol–water partition coefficient (Wildman–Crippen LogP) is 3.95. The smallest absolute Gasteiger partial charge is 0.338 e. The highest BCUT2D eigenvalue weighted by Crippen LogP contribution is 2.16. The number of rotatable bonds is 4. The van der Waals surface area contributed by atoms with E-state index in [0.29, 0.717) is 17.9 Å². The van der Waals surface area contributed by atoms with E-state index in [4.69, 9.17) is 17.0 Å². The molecule has 0 aliphatic carbocycles. The molecule has 120 valence electrons. The minimum Gasteiger partial charge on any atom is -0.462 e. The number of hydrogen-bond acceptors (Lipinski definition) is 3. The maximum Gasteiger partial charge on any atom is 0.338 e. The fraction of sp³-hybridized carbons (Fsp3) is 0.125. The summed E-state index contributed by atoms with van der Waals surface area (Å²) < 4.78 is 31.5. The molecule has 23 heavy (non-hydrogen) atoms. The van der Waals surface area contributed by atoms with Gasteiger partial charge in [0.2, 0.25) is 0 Å². The number of thiocarbonyl (C=S) groups is 1. The van der Waals surface area contributed by atoms with Crippen LogP contribution >= 0.6 is 12.2 Å². The van der Waals surface area contributed by atoms with Crippen molar-refractivity contribution in [3.63, 3.8) is 0 Å². The van der Waals surface area contributed by atoms with Crippen molar-refractivity contribution in [1.82, 2.24) is 0 Å². The first-order chi connectivity index (χ1) is 11.0. The zero-order valence-electron chi connectivity index (χ0n) is 12.2. The molecule has 7 heteroatoms. The van der Waals surface area contributed by atoms with Gasteiger partial charge in [0, 0.05) is 11.8 Å². The summed E-state index contributed by atoms with van der Waals surface area (Å²) >= 11 is 5.04. The Balaban J connectivity index is 2.00. The summed E-state index contributed by atoms with van der Waals surface area (Å²) in [5.41, 5.74) is 0.936. The van der Waals surface area contributed by atoms with Gasteiger partial charge in [0.25, 0.3) is 0 Å². The van der Waals surface area contributed by atoms with Crippen LogP contribution in [0.15, 0.2) is 42.5 Å². The van der Waals surface area contributed by atoms with Gasteiger partial charge in [0.15, 0.2) is 5.11 Å². The molecule has 2 rings (SSSR count). The van der Waals surface area contributed by atoms with E-state index in [1.54, 1.807) is 31.2 Å². The molecule has 0 saturated carbocycles. The first kappa shape index (κ1) is 16.8. The van der Waals surface area contributed by atoms with Crippen LogP contribution in [-0.2, 0) is 4.74 Å². The molecule has 0 aliphatic rings. The van der Waals surface area contributed by atoms with Crippen molar-refractivity contribution in [2.24, 2.45) is 0 Å². The van der Waals surface area contributed by atoms with Crippen LogP contribution in [0.1, 0.15) is 17.3 Å². The lowest BCUT2D eigenvalue weighted by atomic mass is 10.2. The van der Waals surface area contributed by atoms with E-state index in [1.165, 1.54) is 0 Å². The molecular formula is C16H14F2N2O2S. The molecule has 0 unspecified atom stereocenters. The van der Waals surface area contributed by atoms with Crippen LogP contribution in [0.2, 0.25) is 0 Å². The molecule has 0 aromatic heterocycles. The molecule has 0 aliphatic heterocycles. The topological polar surface area (TPSA) is 50.4 Å². The molecule has 0 heterocycles. The van der Waals surface area contributed by atoms with Crippen LogP contribution < -0.4 is 10.6 Å². The Bertz CT molecular complexity index is 721. The van der Waals surface area contributed by atoms with Gasteiger partial charge in [-0.3, -0.25) is 0 Å². The van der Waals surface area contributed by atoms with Crippen LogP contribution in [0, 0.1) is 11.6 Å². The van der Waals surface area contributed by atoms with Gasteiger partial charge in [-0.05, 0) is 55.5 Å². The lowest BCUT2D eigenvalue weighted by Gasteiger charge is -2.11. The van der Waals surface area contributed by atoms with E-state index < -0.39 is 17.6 Å². The minimum atomic E-state index is -0.617. The first-order valence-corrected chi connectivity index (χ1v) is 7.20. The number of nitrogens with one attached hydrogen (secondary N) is 2. The summed E-state index contributed by atoms with van der Waals surface area (Å²) in [6.07, 6.45) is 0. The van der Waals surface area contributed by atoms with Crippen molar-refractivity contribution in [2.75, 3.05) is 17.2 Å². The first-order valence-electron chi connectivity index (χ1n) is 6.80. The van der Waals surface area contributed by atoms with Crippen LogP contribution in [0.25, 0.3) is 0 Å². The van der Waals surface area contributed by atoms with E-state index in [-0.39, 0.29) is 10.8 Å². The number of esters is 1. The van der Waals surface area contributed by atoms with Gasteiger partial charge in [0.05, 0.1) is 17.9 Å². The summed E-state index contributed by atoms with van der Waals surface area (Å²) in [5.74, 6) is -1.61. The molecule has 2 aromatic carbocycles. The van der Waals surface area contributed by atoms with Crippen LogP contribution in [0.4, 0.5) is 20.2 Å². The average Bonchev–Trinajstić information content (AvgIpc) is 2.52. The molecule has 4 nitrogen and oxygen atoms in total. The summed E-state index contributed by atoms with van der Waals surface area (Å²) in [7, 11) is 0. The summed E-state index contributed by atoms with van der Waals surface area (Å²) in [5, 5.41) is 5.48. The highest BCUT2D eigenvalue weighted by atomic mass is 32.1. The van der Waals surface area contributed by atoms with E-state index in [1.807, 2.05) is 0 Å². The van der Waals surface area contributed by atoms with Gasteiger partial charge in [0.1, 0.15) is 11.6 Å². The van der Waals surface area contributed by atoms with Gasteiger partial charge < -0.3 is 15.4 Å². The van der Waals surface area contributed by atoms with E-state index in [9.17, 15) is 13.6 Å². The van der Waals surface area contributed by atoms with E-state index >= 15 is 0 Å². The monoisotopic (exact) mass is 336 g/mol. The third kappa shape index (κ3) is 4.72. The van der Waals surface area contributed by atoms with Crippen molar-refractivity contribution >= 4 is 34.7 Å². The van der Waals surface area contributed by atoms with Crippen molar-refractivity contribution in [2.45, 2.75) is 6.92 Å². The van der Waals surface area contributed by atoms with E-state index in [2.05, 4.69) is 10.6 Å². The summed E-state index contributed by atoms with van der Waals surface area (Å²) in [6, 6.07) is 9.44. The second-order valence-electron chi connectivity index (χ2n) is 4.50.